The van der Waals surface area contributed by atoms with Crippen LogP contribution in [-0.4, -0.2) is 18.8 Å². The molecule has 2 heteroatoms. The van der Waals surface area contributed by atoms with E-state index in [2.05, 4.69) is 20.8 Å². The Balaban J connectivity index is 1.75. The summed E-state index contributed by atoms with van der Waals surface area (Å²) in [5.41, 5.74) is 1.70. The first-order valence-corrected chi connectivity index (χ1v) is 7.07. The fraction of sp³-hybridized carbons (Fsp3) is 0.867. The molecule has 2 saturated heterocycles. The van der Waals surface area contributed by atoms with E-state index in [4.69, 9.17) is 9.47 Å². The zero-order chi connectivity index (χ0) is 12.3. The summed E-state index contributed by atoms with van der Waals surface area (Å²) < 4.78 is 11.5. The van der Waals surface area contributed by atoms with E-state index in [1.807, 2.05) is 6.26 Å². The number of ether oxygens (including phenoxy) is 2. The lowest BCUT2D eigenvalue weighted by molar-refractivity contribution is 0.0502. The smallest absolute Gasteiger partial charge is 0.0873 e. The first-order chi connectivity index (χ1) is 8.16. The molecule has 17 heavy (non-hydrogen) atoms. The summed E-state index contributed by atoms with van der Waals surface area (Å²) in [6.07, 6.45) is 10.5. The van der Waals surface area contributed by atoms with Crippen molar-refractivity contribution in [3.8, 4) is 0 Å². The Hall–Kier alpha value is -0.500. The van der Waals surface area contributed by atoms with Crippen LogP contribution in [0.15, 0.2) is 11.8 Å². The van der Waals surface area contributed by atoms with Crippen molar-refractivity contribution in [1.29, 1.82) is 0 Å². The fourth-order valence-corrected chi connectivity index (χ4v) is 3.44. The Morgan fingerprint density at radius 1 is 1.41 bits per heavy atom. The van der Waals surface area contributed by atoms with E-state index in [1.165, 1.54) is 37.7 Å². The van der Waals surface area contributed by atoms with Crippen molar-refractivity contribution in [3.05, 3.63) is 11.8 Å². The molecule has 0 saturated carbocycles. The third-order valence-corrected chi connectivity index (χ3v) is 4.38. The molecule has 2 rings (SSSR count). The van der Waals surface area contributed by atoms with E-state index in [1.54, 1.807) is 0 Å². The van der Waals surface area contributed by atoms with Crippen LogP contribution in [-0.2, 0) is 9.47 Å². The van der Waals surface area contributed by atoms with Gasteiger partial charge in [0, 0.05) is 0 Å². The van der Waals surface area contributed by atoms with Gasteiger partial charge in [-0.2, -0.15) is 0 Å². The van der Waals surface area contributed by atoms with Crippen LogP contribution in [0.3, 0.4) is 0 Å². The molecular weight excluding hydrogens is 212 g/mol. The topological polar surface area (TPSA) is 18.5 Å². The van der Waals surface area contributed by atoms with Gasteiger partial charge in [-0.1, -0.05) is 6.92 Å². The molecule has 2 fully saturated rings. The lowest BCUT2D eigenvalue weighted by atomic mass is 9.69. The summed E-state index contributed by atoms with van der Waals surface area (Å²) in [6, 6.07) is 0. The zero-order valence-corrected chi connectivity index (χ0v) is 11.5. The van der Waals surface area contributed by atoms with E-state index >= 15 is 0 Å². The van der Waals surface area contributed by atoms with Crippen LogP contribution in [0.2, 0.25) is 0 Å². The van der Waals surface area contributed by atoms with Gasteiger partial charge < -0.3 is 9.47 Å². The Morgan fingerprint density at radius 2 is 2.24 bits per heavy atom. The summed E-state index contributed by atoms with van der Waals surface area (Å²) in [5.74, 6) is 0. The van der Waals surface area contributed by atoms with Crippen molar-refractivity contribution in [2.75, 3.05) is 6.61 Å². The highest BCUT2D eigenvalue weighted by atomic mass is 16.5. The predicted octanol–water partition coefficient (Wildman–Crippen LogP) is 4.05. The molecule has 0 aliphatic carbocycles. The minimum Gasteiger partial charge on any atom is -0.501 e. The SMILES string of the molecule is CCC1(CCCOC=C(C)C)CC2CCC1O2. The Morgan fingerprint density at radius 3 is 2.76 bits per heavy atom. The van der Waals surface area contributed by atoms with Crippen molar-refractivity contribution in [2.24, 2.45) is 5.41 Å². The lowest BCUT2D eigenvalue weighted by Crippen LogP contribution is -2.32. The van der Waals surface area contributed by atoms with Crippen molar-refractivity contribution in [2.45, 2.75) is 71.5 Å². The van der Waals surface area contributed by atoms with E-state index < -0.39 is 0 Å². The van der Waals surface area contributed by atoms with Gasteiger partial charge >= 0.3 is 0 Å². The molecule has 0 radical (unpaired) electrons. The van der Waals surface area contributed by atoms with Crippen LogP contribution < -0.4 is 0 Å². The molecule has 0 aromatic rings. The number of fused-ring (bicyclic) bond motifs is 2. The summed E-state index contributed by atoms with van der Waals surface area (Å²) in [6.45, 7) is 7.31. The molecular formula is C15H26O2. The number of rotatable bonds is 6. The van der Waals surface area contributed by atoms with Crippen LogP contribution in [0.4, 0.5) is 0 Å². The number of allylic oxidation sites excluding steroid dienone is 1. The molecule has 0 aromatic heterocycles. The maximum atomic E-state index is 6.02. The van der Waals surface area contributed by atoms with E-state index in [-0.39, 0.29) is 0 Å². The van der Waals surface area contributed by atoms with Gasteiger partial charge in [-0.15, -0.1) is 0 Å². The van der Waals surface area contributed by atoms with Gasteiger partial charge in [-0.3, -0.25) is 0 Å². The van der Waals surface area contributed by atoms with Gasteiger partial charge in [0.05, 0.1) is 25.1 Å². The summed E-state index contributed by atoms with van der Waals surface area (Å²) in [7, 11) is 0. The summed E-state index contributed by atoms with van der Waals surface area (Å²) >= 11 is 0. The van der Waals surface area contributed by atoms with Crippen molar-refractivity contribution in [3.63, 3.8) is 0 Å². The minimum atomic E-state index is 0.469. The molecule has 0 spiro atoms. The van der Waals surface area contributed by atoms with Gasteiger partial charge in [0.15, 0.2) is 0 Å². The standard InChI is InChI=1S/C15H26O2/c1-4-15(8-5-9-16-11-12(2)3)10-13-6-7-14(15)17-13/h11,13-14H,4-10H2,1-3H3. The van der Waals surface area contributed by atoms with Gasteiger partial charge in [-0.05, 0) is 63.4 Å². The maximum Gasteiger partial charge on any atom is 0.0873 e. The number of hydrogen-bond donors (Lipinski definition) is 0. The third-order valence-electron chi connectivity index (χ3n) is 4.38. The molecule has 0 amide bonds. The molecule has 3 unspecified atom stereocenters. The van der Waals surface area contributed by atoms with Crippen molar-refractivity contribution >= 4 is 0 Å². The van der Waals surface area contributed by atoms with E-state index in [9.17, 15) is 0 Å². The van der Waals surface area contributed by atoms with E-state index in [0.29, 0.717) is 17.6 Å². The van der Waals surface area contributed by atoms with Crippen LogP contribution >= 0.6 is 0 Å². The number of hydrogen-bond acceptors (Lipinski definition) is 2. The van der Waals surface area contributed by atoms with Gasteiger partial charge in [0.25, 0.3) is 0 Å². The fourth-order valence-electron chi connectivity index (χ4n) is 3.44. The van der Waals surface area contributed by atoms with Crippen LogP contribution in [0.25, 0.3) is 0 Å². The average Bonchev–Trinajstić information content (AvgIpc) is 2.88. The quantitative estimate of drug-likeness (QED) is 0.513. The largest absolute Gasteiger partial charge is 0.501 e. The van der Waals surface area contributed by atoms with Gasteiger partial charge in [-0.25, -0.2) is 0 Å². The minimum absolute atomic E-state index is 0.469. The molecule has 3 atom stereocenters. The summed E-state index contributed by atoms with van der Waals surface area (Å²) in [4.78, 5) is 0. The molecule has 2 nitrogen and oxygen atoms in total. The molecule has 0 N–H and O–H groups in total. The first-order valence-electron chi connectivity index (χ1n) is 7.07. The van der Waals surface area contributed by atoms with Gasteiger partial charge in [0.2, 0.25) is 0 Å². The first kappa shape index (κ1) is 12.9. The summed E-state index contributed by atoms with van der Waals surface area (Å²) in [5, 5.41) is 0. The molecule has 2 aliphatic heterocycles. The Bertz CT molecular complexity index is 281. The highest BCUT2D eigenvalue weighted by Crippen LogP contribution is 2.52. The van der Waals surface area contributed by atoms with Crippen molar-refractivity contribution < 1.29 is 9.47 Å². The molecule has 2 aliphatic rings. The van der Waals surface area contributed by atoms with Crippen LogP contribution in [0, 0.1) is 5.41 Å². The Kier molecular flexibility index (Phi) is 4.13. The highest BCUT2D eigenvalue weighted by molar-refractivity contribution is 4.99. The predicted molar refractivity (Wildman–Crippen MR) is 69.9 cm³/mol. The van der Waals surface area contributed by atoms with Crippen LogP contribution in [0.5, 0.6) is 0 Å². The second-order valence-corrected chi connectivity index (χ2v) is 5.91. The Labute approximate surface area is 105 Å². The highest BCUT2D eigenvalue weighted by Gasteiger charge is 2.50. The monoisotopic (exact) mass is 238 g/mol. The second-order valence-electron chi connectivity index (χ2n) is 5.91. The van der Waals surface area contributed by atoms with Gasteiger partial charge in [0.1, 0.15) is 0 Å². The van der Waals surface area contributed by atoms with Crippen LogP contribution in [0.1, 0.15) is 59.3 Å². The second kappa shape index (κ2) is 5.43. The zero-order valence-electron chi connectivity index (χ0n) is 11.5. The molecule has 2 bridgehead atoms. The third kappa shape index (κ3) is 2.85. The lowest BCUT2D eigenvalue weighted by Gasteiger charge is -2.34. The van der Waals surface area contributed by atoms with Crippen molar-refractivity contribution in [1.82, 2.24) is 0 Å². The molecule has 98 valence electrons. The molecule has 2 heterocycles. The normalized spacial score (nSPS) is 35.0. The average molecular weight is 238 g/mol. The van der Waals surface area contributed by atoms with E-state index in [0.717, 1.165) is 13.0 Å². The maximum absolute atomic E-state index is 6.02. The molecule has 0 aromatic carbocycles.